The van der Waals surface area contributed by atoms with Crippen LogP contribution >= 0.6 is 35.2 Å². The summed E-state index contributed by atoms with van der Waals surface area (Å²) in [7, 11) is -17.6. The van der Waals surface area contributed by atoms with Crippen LogP contribution in [0, 0.1) is 5.41 Å². The fourth-order valence-electron chi connectivity index (χ4n) is 4.57. The van der Waals surface area contributed by atoms with E-state index in [1.807, 2.05) is 0 Å². The third-order valence-electron chi connectivity index (χ3n) is 7.28. The van der Waals surface area contributed by atoms with Crippen LogP contribution in [0.3, 0.4) is 0 Å². The Hall–Kier alpha value is -2.48. The highest BCUT2D eigenvalue weighted by atomic mass is 32.2. The number of imidazole rings is 1. The lowest BCUT2D eigenvalue weighted by molar-refractivity contribution is -0.347. The summed E-state index contributed by atoms with van der Waals surface area (Å²) in [5, 5.41) is 34.6. The van der Waals surface area contributed by atoms with Crippen molar-refractivity contribution in [3.05, 3.63) is 12.7 Å². The zero-order chi connectivity index (χ0) is 40.5. The second-order valence-electron chi connectivity index (χ2n) is 12.0. The van der Waals surface area contributed by atoms with Gasteiger partial charge in [-0.1, -0.05) is 25.6 Å². The van der Waals surface area contributed by atoms with Crippen LogP contribution in [0.4, 0.5) is 5.82 Å². The number of aliphatic hydroxyl groups is 3. The number of nitrogens with two attached hydrogens (primary N) is 1. The average molecular weight is 850 g/mol. The van der Waals surface area contributed by atoms with Gasteiger partial charge in [0.25, 0.3) is 15.6 Å². The maximum atomic E-state index is 12.5. The van der Waals surface area contributed by atoms with Gasteiger partial charge in [-0.25, -0.2) is 19.3 Å². The number of aliphatic hydroxyl groups excluding tert-OH is 3. The molecule has 3 heterocycles. The summed E-state index contributed by atoms with van der Waals surface area (Å²) >= 11 is 0.987. The van der Waals surface area contributed by atoms with Gasteiger partial charge in [0.05, 0.1) is 27.4 Å². The molecule has 1 aliphatic heterocycles. The summed E-state index contributed by atoms with van der Waals surface area (Å²) in [4.78, 5) is 95.3. The molecule has 7 unspecified atom stereocenters. The number of rotatable bonds is 22. The predicted molar refractivity (Wildman–Crippen MR) is 175 cm³/mol. The first-order chi connectivity index (χ1) is 25.1. The minimum Gasteiger partial charge on any atom is -0.790 e. The second kappa shape index (κ2) is 19.6. The van der Waals surface area contributed by atoms with Crippen molar-refractivity contribution in [2.24, 2.45) is 5.41 Å². The molecule has 0 bridgehead atoms. The van der Waals surface area contributed by atoms with Crippen molar-refractivity contribution in [2.45, 2.75) is 63.8 Å². The van der Waals surface area contributed by atoms with Gasteiger partial charge in [-0.05, 0) is 6.42 Å². The third-order valence-corrected chi connectivity index (χ3v) is 11.2. The van der Waals surface area contributed by atoms with Crippen molar-refractivity contribution in [1.29, 1.82) is 0 Å². The first-order valence-corrected chi connectivity index (χ1v) is 21.0. The Morgan fingerprint density at radius 3 is 2.43 bits per heavy atom. The quantitative estimate of drug-likeness (QED) is 0.0484. The van der Waals surface area contributed by atoms with E-state index >= 15 is 0 Å². The molecule has 1 fully saturated rings. The van der Waals surface area contributed by atoms with Crippen molar-refractivity contribution in [1.82, 2.24) is 30.2 Å². The molecule has 2 aromatic rings. The van der Waals surface area contributed by atoms with E-state index in [1.165, 1.54) is 13.8 Å². The normalized spacial score (nSPS) is 22.0. The Balaban J connectivity index is 1.50. The first kappa shape index (κ1) is 45.9. The molecule has 0 aromatic carbocycles. The number of carbonyl (C=O) groups excluding carboxylic acids is 3. The van der Waals surface area contributed by atoms with Crippen LogP contribution in [-0.4, -0.2) is 115 Å². The number of nitrogen functional groups attached to an aromatic ring is 1. The van der Waals surface area contributed by atoms with E-state index in [-0.39, 0.29) is 54.6 Å². The smallest absolute Gasteiger partial charge is 0.274 e. The lowest BCUT2D eigenvalue weighted by Crippen LogP contribution is -2.46. The lowest BCUT2D eigenvalue weighted by atomic mass is 9.87. The number of nitrogens with zero attached hydrogens (tertiary/aromatic N) is 4. The van der Waals surface area contributed by atoms with Crippen LogP contribution < -0.4 is 35.9 Å². The SMILES string of the molecule is CC(C)(COP(=O)([O-])OP(=O)([O-])OCC1OC(n2cnc3c(N)ncnc32)C(O)C1OP(=O)([O-])[O-])C(O)C(=O)NCCC(=O)NCCSC(=O)CCCO. The van der Waals surface area contributed by atoms with Crippen molar-refractivity contribution in [3.8, 4) is 0 Å². The Morgan fingerprint density at radius 2 is 1.76 bits per heavy atom. The Labute approximate surface area is 310 Å². The monoisotopic (exact) mass is 849 g/mol. The predicted octanol–water partition coefficient (Wildman–Crippen LogP) is -4.09. The number of amides is 2. The number of anilines is 1. The Kier molecular flexibility index (Phi) is 16.7. The van der Waals surface area contributed by atoms with E-state index in [4.69, 9.17) is 15.6 Å². The second-order valence-corrected chi connectivity index (χ2v) is 17.2. The van der Waals surface area contributed by atoms with Crippen LogP contribution in [0.1, 0.15) is 39.3 Å². The summed E-state index contributed by atoms with van der Waals surface area (Å²) in [6, 6.07) is 0. The van der Waals surface area contributed by atoms with E-state index in [9.17, 15) is 57.9 Å². The number of fused-ring (bicyclic) bond motifs is 1. The summed E-state index contributed by atoms with van der Waals surface area (Å²) in [5.41, 5.74) is 4.04. The number of carbonyl (C=O) groups is 3. The van der Waals surface area contributed by atoms with Gasteiger partial charge in [0.15, 0.2) is 22.8 Å². The molecular weight excluding hydrogens is 811 g/mol. The Bertz CT molecular complexity index is 1760. The highest BCUT2D eigenvalue weighted by Crippen LogP contribution is 2.56. The molecule has 7 atom stereocenters. The molecule has 1 saturated heterocycles. The number of hydrogen-bond acceptors (Lipinski definition) is 23. The van der Waals surface area contributed by atoms with Crippen LogP contribution in [0.25, 0.3) is 11.2 Å². The highest BCUT2D eigenvalue weighted by Gasteiger charge is 2.47. The minimum atomic E-state index is -5.91. The van der Waals surface area contributed by atoms with Crippen LogP contribution in [0.5, 0.6) is 0 Å². The van der Waals surface area contributed by atoms with Crippen molar-refractivity contribution in [3.63, 3.8) is 0 Å². The van der Waals surface area contributed by atoms with Crippen molar-refractivity contribution in [2.75, 3.05) is 44.4 Å². The van der Waals surface area contributed by atoms with E-state index in [0.717, 1.165) is 29.0 Å². The molecule has 2 amide bonds. The maximum Gasteiger partial charge on any atom is 0.274 e. The molecule has 29 heteroatoms. The molecule has 1 aliphatic rings. The van der Waals surface area contributed by atoms with E-state index in [0.29, 0.717) is 12.2 Å². The zero-order valence-corrected chi connectivity index (χ0v) is 32.0. The highest BCUT2D eigenvalue weighted by molar-refractivity contribution is 8.13. The Morgan fingerprint density at radius 1 is 1.07 bits per heavy atom. The van der Waals surface area contributed by atoms with Gasteiger partial charge in [0.2, 0.25) is 11.8 Å². The number of aromatic nitrogens is 4. The standard InChI is InChI=1S/C25H42N7O18P3S/c1-25(2,20(37)23(38)28-6-5-15(34)27-7-9-54-16(35)4-3-8-33)11-47-53(44,45)50-52(42,43)46-10-14-19(49-51(39,40)41)18(36)24(48-14)32-13-31-17-21(26)29-12-30-22(17)32/h12-14,18-20,24,33,36-37H,3-11H2,1-2H3,(H,27,34)(H,28,38)(H,42,43)(H,44,45)(H2,26,29,30)(H2,39,40,41)/p-4. The maximum absolute atomic E-state index is 12.5. The third kappa shape index (κ3) is 13.9. The fourth-order valence-corrected chi connectivity index (χ4v) is 8.02. The van der Waals surface area contributed by atoms with Gasteiger partial charge >= 0.3 is 0 Å². The van der Waals surface area contributed by atoms with Gasteiger partial charge < -0.3 is 74.1 Å². The van der Waals surface area contributed by atoms with E-state index < -0.39 is 84.6 Å². The molecule has 306 valence electrons. The van der Waals surface area contributed by atoms with Crippen LogP contribution in [0.15, 0.2) is 12.7 Å². The van der Waals surface area contributed by atoms with Crippen molar-refractivity contribution < 1.29 is 85.6 Å². The number of phosphoric ester groups is 3. The zero-order valence-electron chi connectivity index (χ0n) is 28.5. The molecule has 2 aromatic heterocycles. The van der Waals surface area contributed by atoms with Gasteiger partial charge in [0.1, 0.15) is 36.3 Å². The molecule has 0 aliphatic carbocycles. The van der Waals surface area contributed by atoms with Crippen LogP contribution in [0.2, 0.25) is 0 Å². The first-order valence-electron chi connectivity index (χ1n) is 15.6. The van der Waals surface area contributed by atoms with Gasteiger partial charge in [-0.3, -0.25) is 28.1 Å². The van der Waals surface area contributed by atoms with Gasteiger partial charge in [-0.2, -0.15) is 0 Å². The molecule has 25 nitrogen and oxygen atoms in total. The molecule has 0 saturated carbocycles. The number of thioether (sulfide) groups is 1. The number of ether oxygens (including phenoxy) is 1. The van der Waals surface area contributed by atoms with E-state index in [1.54, 1.807) is 0 Å². The number of hydrogen-bond donors (Lipinski definition) is 6. The van der Waals surface area contributed by atoms with Crippen LogP contribution in [-0.2, 0) is 50.7 Å². The summed E-state index contributed by atoms with van der Waals surface area (Å²) in [6.07, 6.45) is -7.10. The summed E-state index contributed by atoms with van der Waals surface area (Å²) in [5.74, 6) is -1.30. The molecule has 0 radical (unpaired) electrons. The van der Waals surface area contributed by atoms with Gasteiger partial charge in [0, 0.05) is 43.7 Å². The fraction of sp³-hybridized carbons (Fsp3) is 0.680. The number of phosphoric acid groups is 3. The topological polar surface area (TPSA) is 395 Å². The molecule has 3 rings (SSSR count). The van der Waals surface area contributed by atoms with Gasteiger partial charge in [-0.15, -0.1) is 0 Å². The molecular formula is C25H38N7O18P3S-4. The largest absolute Gasteiger partial charge is 0.790 e. The minimum absolute atomic E-state index is 0.0251. The summed E-state index contributed by atoms with van der Waals surface area (Å²) in [6.45, 7) is -0.104. The molecule has 0 spiro atoms. The lowest BCUT2D eigenvalue weighted by Gasteiger charge is -2.36. The molecule has 54 heavy (non-hydrogen) atoms. The summed E-state index contributed by atoms with van der Waals surface area (Å²) < 4.78 is 60.3. The average Bonchev–Trinajstić information content (AvgIpc) is 3.63. The number of nitrogens with one attached hydrogen (secondary N) is 2. The molecule has 7 N–H and O–H groups in total. The van der Waals surface area contributed by atoms with Crippen molar-refractivity contribution >= 4 is 69.1 Å². The van der Waals surface area contributed by atoms with E-state index in [2.05, 4.69) is 43.5 Å².